The van der Waals surface area contributed by atoms with Crippen molar-refractivity contribution in [2.75, 3.05) is 5.32 Å². The van der Waals surface area contributed by atoms with Gasteiger partial charge in [0.2, 0.25) is 5.91 Å². The maximum Gasteiger partial charge on any atom is 0.236 e. The van der Waals surface area contributed by atoms with Crippen molar-refractivity contribution in [2.45, 2.75) is 31.6 Å². The first kappa shape index (κ1) is 16.5. The number of halogens is 1. The fraction of sp³-hybridized carbons (Fsp3) is 0.238. The Morgan fingerprint density at radius 3 is 2.65 bits per heavy atom. The van der Waals surface area contributed by atoms with Gasteiger partial charge in [0.15, 0.2) is 5.76 Å². The summed E-state index contributed by atoms with van der Waals surface area (Å²) in [5.41, 5.74) is 2.13. The summed E-state index contributed by atoms with van der Waals surface area (Å²) in [5, 5.41) is 7.10. The van der Waals surface area contributed by atoms with Crippen LogP contribution in [0.3, 0.4) is 0 Å². The van der Waals surface area contributed by atoms with E-state index in [9.17, 15) is 9.18 Å². The SMILES string of the molecule is CCc1ccccc1NC(=O)C1(c2cc(-c3ccccc3F)on2)CC1. The van der Waals surface area contributed by atoms with E-state index in [-0.39, 0.29) is 11.7 Å². The number of aromatic nitrogens is 1. The lowest BCUT2D eigenvalue weighted by atomic mass is 9.99. The van der Waals surface area contributed by atoms with Gasteiger partial charge in [-0.15, -0.1) is 0 Å². The third-order valence-corrected chi connectivity index (χ3v) is 4.97. The molecule has 0 atom stereocenters. The third-order valence-electron chi connectivity index (χ3n) is 4.97. The van der Waals surface area contributed by atoms with Crippen LogP contribution in [0.1, 0.15) is 31.0 Å². The number of nitrogens with zero attached hydrogens (tertiary/aromatic N) is 1. The van der Waals surface area contributed by atoms with Crippen molar-refractivity contribution in [3.05, 3.63) is 71.7 Å². The molecule has 1 amide bonds. The van der Waals surface area contributed by atoms with Crippen LogP contribution in [0.15, 0.2) is 59.1 Å². The molecule has 5 heteroatoms. The average molecular weight is 350 g/mol. The number of carbonyl (C=O) groups is 1. The molecule has 1 aliphatic carbocycles. The molecule has 4 nitrogen and oxygen atoms in total. The molecule has 3 aromatic rings. The Morgan fingerprint density at radius 2 is 1.92 bits per heavy atom. The minimum atomic E-state index is -0.687. The number of hydrogen-bond donors (Lipinski definition) is 1. The smallest absolute Gasteiger partial charge is 0.236 e. The van der Waals surface area contributed by atoms with Gasteiger partial charge in [0.05, 0.1) is 16.7 Å². The number of nitrogens with one attached hydrogen (secondary N) is 1. The van der Waals surface area contributed by atoms with Crippen molar-refractivity contribution >= 4 is 11.6 Å². The lowest BCUT2D eigenvalue weighted by molar-refractivity contribution is -0.118. The molecule has 0 radical (unpaired) electrons. The Hall–Kier alpha value is -2.95. The van der Waals surface area contributed by atoms with E-state index >= 15 is 0 Å². The molecule has 132 valence electrons. The van der Waals surface area contributed by atoms with E-state index in [2.05, 4.69) is 17.4 Å². The van der Waals surface area contributed by atoms with Gasteiger partial charge >= 0.3 is 0 Å². The van der Waals surface area contributed by atoms with Gasteiger partial charge in [-0.05, 0) is 43.0 Å². The maximum absolute atomic E-state index is 14.0. The van der Waals surface area contributed by atoms with E-state index in [0.29, 0.717) is 29.9 Å². The Morgan fingerprint density at radius 1 is 1.19 bits per heavy atom. The zero-order valence-corrected chi connectivity index (χ0v) is 14.5. The molecule has 26 heavy (non-hydrogen) atoms. The van der Waals surface area contributed by atoms with Gasteiger partial charge in [-0.3, -0.25) is 4.79 Å². The Balaban J connectivity index is 1.60. The largest absolute Gasteiger partial charge is 0.356 e. The van der Waals surface area contributed by atoms with E-state index in [4.69, 9.17) is 4.52 Å². The second-order valence-corrected chi connectivity index (χ2v) is 6.60. The monoisotopic (exact) mass is 350 g/mol. The summed E-state index contributed by atoms with van der Waals surface area (Å²) in [7, 11) is 0. The van der Waals surface area contributed by atoms with Crippen molar-refractivity contribution in [2.24, 2.45) is 0 Å². The predicted molar refractivity (Wildman–Crippen MR) is 97.3 cm³/mol. The number of carbonyl (C=O) groups excluding carboxylic acids is 1. The lowest BCUT2D eigenvalue weighted by Crippen LogP contribution is -2.28. The number of para-hydroxylation sites is 1. The maximum atomic E-state index is 14.0. The first-order chi connectivity index (χ1) is 12.6. The van der Waals surface area contributed by atoms with Gasteiger partial charge in [-0.2, -0.15) is 0 Å². The van der Waals surface area contributed by atoms with Crippen LogP contribution in [0.4, 0.5) is 10.1 Å². The van der Waals surface area contributed by atoms with E-state index < -0.39 is 5.41 Å². The molecule has 1 saturated carbocycles. The third kappa shape index (κ3) is 2.79. The van der Waals surface area contributed by atoms with Crippen molar-refractivity contribution < 1.29 is 13.7 Å². The highest BCUT2D eigenvalue weighted by Gasteiger charge is 2.54. The molecule has 0 bridgehead atoms. The van der Waals surface area contributed by atoms with E-state index in [1.807, 2.05) is 24.3 Å². The van der Waals surface area contributed by atoms with Crippen molar-refractivity contribution in [1.82, 2.24) is 5.16 Å². The molecule has 0 unspecified atom stereocenters. The zero-order chi connectivity index (χ0) is 18.1. The minimum absolute atomic E-state index is 0.0909. The number of rotatable bonds is 5. The molecule has 1 aromatic heterocycles. The zero-order valence-electron chi connectivity index (χ0n) is 14.5. The van der Waals surface area contributed by atoms with Crippen molar-refractivity contribution in [1.29, 1.82) is 0 Å². The predicted octanol–water partition coefficient (Wildman–Crippen LogP) is 4.71. The second kappa shape index (κ2) is 6.41. The van der Waals surface area contributed by atoms with Gasteiger partial charge in [0.1, 0.15) is 5.82 Å². The summed E-state index contributed by atoms with van der Waals surface area (Å²) in [6.07, 6.45) is 2.25. The Labute approximate surface area is 151 Å². The van der Waals surface area contributed by atoms with Crippen LogP contribution >= 0.6 is 0 Å². The first-order valence-electron chi connectivity index (χ1n) is 8.75. The summed E-state index contributed by atoms with van der Waals surface area (Å²) < 4.78 is 19.3. The summed E-state index contributed by atoms with van der Waals surface area (Å²) in [5.74, 6) is -0.126. The van der Waals surface area contributed by atoms with Crippen LogP contribution in [0.5, 0.6) is 0 Å². The molecular weight excluding hydrogens is 331 g/mol. The average Bonchev–Trinajstić information content (AvgIpc) is 3.33. The highest BCUT2D eigenvalue weighted by atomic mass is 19.1. The highest BCUT2D eigenvalue weighted by Crippen LogP contribution is 2.49. The summed E-state index contributed by atoms with van der Waals surface area (Å²) in [6.45, 7) is 2.05. The van der Waals surface area contributed by atoms with Crippen LogP contribution < -0.4 is 5.32 Å². The summed E-state index contributed by atoms with van der Waals surface area (Å²) >= 11 is 0. The van der Waals surface area contributed by atoms with Crippen LogP contribution in [0, 0.1) is 5.82 Å². The minimum Gasteiger partial charge on any atom is -0.356 e. The Kier molecular flexibility index (Phi) is 4.07. The fourth-order valence-electron chi connectivity index (χ4n) is 3.21. The van der Waals surface area contributed by atoms with E-state index in [1.54, 1.807) is 24.3 Å². The normalized spacial score (nSPS) is 14.8. The van der Waals surface area contributed by atoms with Crippen molar-refractivity contribution in [3.63, 3.8) is 0 Å². The van der Waals surface area contributed by atoms with Crippen LogP contribution in [0.2, 0.25) is 0 Å². The molecule has 0 aliphatic heterocycles. The quantitative estimate of drug-likeness (QED) is 0.725. The van der Waals surface area contributed by atoms with Crippen LogP contribution in [0.25, 0.3) is 11.3 Å². The number of anilines is 1. The lowest BCUT2D eigenvalue weighted by Gasteiger charge is -2.14. The topological polar surface area (TPSA) is 55.1 Å². The number of benzene rings is 2. The Bertz CT molecular complexity index is 960. The molecule has 0 spiro atoms. The summed E-state index contributed by atoms with van der Waals surface area (Å²) in [6, 6.07) is 15.8. The van der Waals surface area contributed by atoms with Crippen LogP contribution in [-0.4, -0.2) is 11.1 Å². The van der Waals surface area contributed by atoms with Crippen molar-refractivity contribution in [3.8, 4) is 11.3 Å². The molecule has 0 saturated heterocycles. The molecule has 1 heterocycles. The summed E-state index contributed by atoms with van der Waals surface area (Å²) in [4.78, 5) is 12.9. The van der Waals surface area contributed by atoms with Gasteiger partial charge in [-0.25, -0.2) is 4.39 Å². The number of amides is 1. The van der Waals surface area contributed by atoms with Gasteiger partial charge < -0.3 is 9.84 Å². The molecule has 1 aliphatic rings. The van der Waals surface area contributed by atoms with Gasteiger partial charge in [0.25, 0.3) is 0 Å². The van der Waals surface area contributed by atoms with E-state index in [0.717, 1.165) is 17.7 Å². The molecule has 4 rings (SSSR count). The molecular formula is C21H19FN2O2. The standard InChI is InChI=1S/C21H19FN2O2/c1-2-14-7-3-6-10-17(14)23-20(25)21(11-12-21)19-13-18(26-24-19)15-8-4-5-9-16(15)22/h3-10,13H,2,11-12H2,1H3,(H,23,25). The second-order valence-electron chi connectivity index (χ2n) is 6.60. The van der Waals surface area contributed by atoms with Gasteiger partial charge in [0, 0.05) is 11.8 Å². The molecule has 1 fully saturated rings. The first-order valence-corrected chi connectivity index (χ1v) is 8.75. The van der Waals surface area contributed by atoms with E-state index in [1.165, 1.54) is 6.07 Å². The number of aryl methyl sites for hydroxylation is 1. The van der Waals surface area contributed by atoms with Crippen LogP contribution in [-0.2, 0) is 16.6 Å². The van der Waals surface area contributed by atoms with Gasteiger partial charge in [-0.1, -0.05) is 42.4 Å². The highest BCUT2D eigenvalue weighted by molar-refractivity contribution is 6.01. The molecule has 1 N–H and O–H groups in total. The number of hydrogen-bond acceptors (Lipinski definition) is 3. The molecule has 2 aromatic carbocycles. The fourth-order valence-corrected chi connectivity index (χ4v) is 3.21.